The molecule has 0 amide bonds. The summed E-state index contributed by atoms with van der Waals surface area (Å²) >= 11 is 0. The summed E-state index contributed by atoms with van der Waals surface area (Å²) in [6.45, 7) is 1.40. The summed E-state index contributed by atoms with van der Waals surface area (Å²) in [4.78, 5) is 12.6. The van der Waals surface area contributed by atoms with Gasteiger partial charge in [0.05, 0.1) is 13.0 Å². The van der Waals surface area contributed by atoms with Crippen molar-refractivity contribution in [3.05, 3.63) is 12.7 Å². The van der Waals surface area contributed by atoms with Crippen molar-refractivity contribution < 1.29 is 13.2 Å². The Bertz CT molecular complexity index is 854. The number of nitrogens with zero attached hydrogens (tertiary/aromatic N) is 4. The molecular weight excluding hydrogens is 343 g/mol. The number of hydrogen-bond acceptors (Lipinski definition) is 4. The Morgan fingerprint density at radius 1 is 1.27 bits per heavy atom. The molecule has 0 spiro atoms. The molecule has 26 heavy (non-hydrogen) atoms. The lowest BCUT2D eigenvalue weighted by atomic mass is 9.83. The second-order valence-corrected chi connectivity index (χ2v) is 8.39. The highest BCUT2D eigenvalue weighted by Gasteiger charge is 2.77. The fourth-order valence-corrected chi connectivity index (χ4v) is 6.45. The van der Waals surface area contributed by atoms with Gasteiger partial charge in [0.25, 0.3) is 0 Å². The van der Waals surface area contributed by atoms with Crippen LogP contribution in [0, 0.1) is 35.0 Å². The normalized spacial score (nSPS) is 40.8. The fourth-order valence-electron chi connectivity index (χ4n) is 6.45. The number of halogens is 3. The van der Waals surface area contributed by atoms with Gasteiger partial charge in [-0.05, 0) is 42.4 Å². The van der Waals surface area contributed by atoms with E-state index in [-0.39, 0.29) is 29.9 Å². The van der Waals surface area contributed by atoms with Gasteiger partial charge in [0.15, 0.2) is 17.0 Å². The molecular formula is C18H22F3N5. The van der Waals surface area contributed by atoms with Crippen LogP contribution in [0.3, 0.4) is 0 Å². The van der Waals surface area contributed by atoms with Gasteiger partial charge in [0, 0.05) is 11.5 Å². The highest BCUT2D eigenvalue weighted by molar-refractivity contribution is 5.82. The van der Waals surface area contributed by atoms with Crippen LogP contribution >= 0.6 is 0 Å². The summed E-state index contributed by atoms with van der Waals surface area (Å²) in [6, 6.07) is 0.134. The van der Waals surface area contributed by atoms with Crippen molar-refractivity contribution in [3.8, 4) is 0 Å². The number of fused-ring (bicyclic) bond motifs is 4. The number of hydrogen-bond donors (Lipinski definition) is 1. The molecule has 3 fully saturated rings. The van der Waals surface area contributed by atoms with E-state index in [2.05, 4.69) is 28.8 Å². The standard InChI is InChI=1S/C18H22F3N5/c1-8-3-10-11(4-8)18(5-19)9(2)12(18)14(10)26-7-24-13-15(25-17(20)21)22-6-23-16(13)26/h6-12,14,17H,3-5H2,1-2H3,(H,22,23,25)/t8?,9?,10?,11?,12?,14-,18-/m0/s1. The molecule has 1 N–H and O–H groups in total. The third kappa shape index (κ3) is 1.90. The first-order valence-corrected chi connectivity index (χ1v) is 9.27. The molecule has 5 unspecified atom stereocenters. The maximum absolute atomic E-state index is 14.1. The summed E-state index contributed by atoms with van der Waals surface area (Å²) in [7, 11) is 0. The largest absolute Gasteiger partial charge is 0.314 e. The van der Waals surface area contributed by atoms with Crippen molar-refractivity contribution >= 4 is 17.0 Å². The molecule has 0 bridgehead atoms. The molecule has 5 rings (SSSR count). The molecule has 2 heterocycles. The number of anilines is 1. The van der Waals surface area contributed by atoms with E-state index in [1.807, 2.05) is 9.88 Å². The Morgan fingerprint density at radius 3 is 2.81 bits per heavy atom. The third-order valence-corrected chi connectivity index (χ3v) is 7.40. The van der Waals surface area contributed by atoms with Crippen LogP contribution in [-0.4, -0.2) is 32.7 Å². The van der Waals surface area contributed by atoms with Gasteiger partial charge in [-0.25, -0.2) is 15.0 Å². The van der Waals surface area contributed by atoms with E-state index in [0.717, 1.165) is 12.8 Å². The topological polar surface area (TPSA) is 55.6 Å². The van der Waals surface area contributed by atoms with Crippen LogP contribution in [0.1, 0.15) is 32.7 Å². The van der Waals surface area contributed by atoms with Gasteiger partial charge in [0.2, 0.25) is 0 Å². The zero-order valence-corrected chi connectivity index (χ0v) is 14.7. The van der Waals surface area contributed by atoms with Gasteiger partial charge in [-0.2, -0.15) is 8.78 Å². The molecule has 7 atom stereocenters. The maximum Gasteiger partial charge on any atom is 0.314 e. The van der Waals surface area contributed by atoms with Crippen molar-refractivity contribution in [3.63, 3.8) is 0 Å². The molecule has 5 nitrogen and oxygen atoms in total. The second-order valence-electron chi connectivity index (χ2n) is 8.39. The zero-order chi connectivity index (χ0) is 18.2. The number of imidazole rings is 1. The molecule has 3 saturated carbocycles. The zero-order valence-electron chi connectivity index (χ0n) is 14.7. The molecule has 2 aromatic rings. The quantitative estimate of drug-likeness (QED) is 0.835. The van der Waals surface area contributed by atoms with Crippen LogP contribution in [-0.2, 0) is 0 Å². The third-order valence-electron chi connectivity index (χ3n) is 7.40. The molecule has 3 aliphatic rings. The number of alkyl halides is 3. The van der Waals surface area contributed by atoms with Crippen molar-refractivity contribution in [1.29, 1.82) is 0 Å². The van der Waals surface area contributed by atoms with Gasteiger partial charge >= 0.3 is 6.55 Å². The van der Waals surface area contributed by atoms with Crippen molar-refractivity contribution in [2.45, 2.75) is 39.3 Å². The van der Waals surface area contributed by atoms with E-state index in [0.29, 0.717) is 34.8 Å². The van der Waals surface area contributed by atoms with Crippen molar-refractivity contribution in [2.24, 2.45) is 35.0 Å². The summed E-state index contributed by atoms with van der Waals surface area (Å²) in [5.41, 5.74) is 0.690. The van der Waals surface area contributed by atoms with Gasteiger partial charge < -0.3 is 9.88 Å². The van der Waals surface area contributed by atoms with E-state index < -0.39 is 6.55 Å². The molecule has 0 saturated heterocycles. The van der Waals surface area contributed by atoms with E-state index in [1.165, 1.54) is 6.33 Å². The summed E-state index contributed by atoms with van der Waals surface area (Å²) in [5, 5.41) is 2.03. The van der Waals surface area contributed by atoms with Crippen molar-refractivity contribution in [1.82, 2.24) is 19.5 Å². The first-order valence-electron chi connectivity index (χ1n) is 9.27. The highest BCUT2D eigenvalue weighted by Crippen LogP contribution is 2.79. The van der Waals surface area contributed by atoms with Gasteiger partial charge in [-0.15, -0.1) is 0 Å². The summed E-state index contributed by atoms with van der Waals surface area (Å²) < 4.78 is 41.6. The van der Waals surface area contributed by atoms with Gasteiger partial charge in [0.1, 0.15) is 6.33 Å². The van der Waals surface area contributed by atoms with Crippen LogP contribution in [0.25, 0.3) is 11.2 Å². The Hall–Kier alpha value is -1.86. The predicted octanol–water partition coefficient (Wildman–Crippen LogP) is 3.90. The van der Waals surface area contributed by atoms with E-state index in [9.17, 15) is 13.2 Å². The number of aromatic nitrogens is 4. The lowest BCUT2D eigenvalue weighted by molar-refractivity contribution is 0.181. The Morgan fingerprint density at radius 2 is 2.08 bits per heavy atom. The SMILES string of the molecule is CC1CC2C(C1)[C@]1(CF)C(C)C1[C@H]2n1cnc2c(NC(F)F)ncnc21. The summed E-state index contributed by atoms with van der Waals surface area (Å²) in [5.74, 6) is 2.03. The second kappa shape index (κ2) is 5.33. The van der Waals surface area contributed by atoms with Gasteiger partial charge in [-0.3, -0.25) is 4.39 Å². The van der Waals surface area contributed by atoms with Crippen molar-refractivity contribution in [2.75, 3.05) is 12.0 Å². The van der Waals surface area contributed by atoms with Crippen LogP contribution in [0.4, 0.5) is 19.0 Å². The van der Waals surface area contributed by atoms with Crippen LogP contribution in [0.5, 0.6) is 0 Å². The Balaban J connectivity index is 1.60. The average Bonchev–Trinajstić information content (AvgIpc) is 2.96. The minimum atomic E-state index is -2.72. The number of nitrogens with one attached hydrogen (secondary N) is 1. The van der Waals surface area contributed by atoms with E-state index in [1.54, 1.807) is 6.33 Å². The minimum Gasteiger partial charge on any atom is -0.312 e. The maximum atomic E-state index is 14.1. The molecule has 8 heteroatoms. The van der Waals surface area contributed by atoms with Crippen LogP contribution in [0.2, 0.25) is 0 Å². The minimum absolute atomic E-state index is 0.0405. The van der Waals surface area contributed by atoms with E-state index >= 15 is 0 Å². The smallest absolute Gasteiger partial charge is 0.312 e. The lowest BCUT2D eigenvalue weighted by Gasteiger charge is -2.27. The Kier molecular flexibility index (Phi) is 3.35. The van der Waals surface area contributed by atoms with Crippen LogP contribution in [0.15, 0.2) is 12.7 Å². The molecule has 2 aromatic heterocycles. The fraction of sp³-hybridized carbons (Fsp3) is 0.722. The first-order chi connectivity index (χ1) is 12.5. The average molecular weight is 365 g/mol. The Labute approximate surface area is 149 Å². The molecule has 0 aliphatic heterocycles. The molecule has 0 aromatic carbocycles. The lowest BCUT2D eigenvalue weighted by Crippen LogP contribution is -2.24. The summed E-state index contributed by atoms with van der Waals surface area (Å²) in [6.07, 6.45) is 5.12. The van der Waals surface area contributed by atoms with Gasteiger partial charge in [-0.1, -0.05) is 13.8 Å². The monoisotopic (exact) mass is 365 g/mol. The van der Waals surface area contributed by atoms with E-state index in [4.69, 9.17) is 0 Å². The van der Waals surface area contributed by atoms with Crippen LogP contribution < -0.4 is 5.32 Å². The molecule has 0 radical (unpaired) electrons. The molecule has 3 aliphatic carbocycles. The molecule has 140 valence electrons. The number of rotatable bonds is 4. The first kappa shape index (κ1) is 16.3. The highest BCUT2D eigenvalue weighted by atomic mass is 19.3. The predicted molar refractivity (Wildman–Crippen MR) is 90.4 cm³/mol.